The number of H-pyrrole nitrogens is 1. The predicted molar refractivity (Wildman–Crippen MR) is 63.4 cm³/mol. The number of hydrogen-bond acceptors (Lipinski definition) is 4. The molecule has 0 saturated carbocycles. The van der Waals surface area contributed by atoms with Crippen LogP contribution in [0.3, 0.4) is 0 Å². The average molecular weight is 233 g/mol. The molecule has 0 spiro atoms. The molecule has 0 aliphatic heterocycles. The van der Waals surface area contributed by atoms with E-state index < -0.39 is 0 Å². The second-order valence-corrected chi connectivity index (χ2v) is 4.46. The largest absolute Gasteiger partial charge is 0.367 e. The molecular formula is C10H11N5S. The Balaban J connectivity index is 2.02. The van der Waals surface area contributed by atoms with Crippen LogP contribution in [0.1, 0.15) is 5.69 Å². The molecule has 82 valence electrons. The van der Waals surface area contributed by atoms with Gasteiger partial charge in [-0.2, -0.15) is 5.10 Å². The third kappa shape index (κ3) is 1.52. The first kappa shape index (κ1) is 9.56. The van der Waals surface area contributed by atoms with E-state index in [1.807, 2.05) is 29.2 Å². The van der Waals surface area contributed by atoms with Crippen molar-refractivity contribution < 1.29 is 0 Å². The molecular weight excluding hydrogens is 222 g/mol. The molecule has 0 aromatic carbocycles. The van der Waals surface area contributed by atoms with E-state index in [9.17, 15) is 0 Å². The number of hydrogen-bond donors (Lipinski definition) is 2. The van der Waals surface area contributed by atoms with Gasteiger partial charge in [0.1, 0.15) is 5.01 Å². The number of nitrogens with zero attached hydrogens (tertiary/aromatic N) is 3. The fourth-order valence-electron chi connectivity index (χ4n) is 1.59. The Kier molecular flexibility index (Phi) is 2.23. The minimum absolute atomic E-state index is 0.621. The van der Waals surface area contributed by atoms with Crippen LogP contribution in [0.15, 0.2) is 24.7 Å². The number of aromatic nitrogens is 4. The molecule has 0 aliphatic rings. The molecule has 16 heavy (non-hydrogen) atoms. The van der Waals surface area contributed by atoms with Gasteiger partial charge in [0.25, 0.3) is 0 Å². The molecule has 3 aromatic heterocycles. The van der Waals surface area contributed by atoms with Crippen molar-refractivity contribution in [1.82, 2.24) is 19.6 Å². The van der Waals surface area contributed by atoms with Gasteiger partial charge >= 0.3 is 0 Å². The fraction of sp³-hybridized carbons (Fsp3) is 0.200. The Morgan fingerprint density at radius 2 is 2.44 bits per heavy atom. The molecule has 0 atom stereocenters. The smallest absolute Gasteiger partial charge is 0.212 e. The second-order valence-electron chi connectivity index (χ2n) is 3.50. The van der Waals surface area contributed by atoms with Crippen LogP contribution in [0.25, 0.3) is 15.5 Å². The topological polar surface area (TPSA) is 72.0 Å². The minimum atomic E-state index is 0.621. The maximum Gasteiger partial charge on any atom is 0.212 e. The summed E-state index contributed by atoms with van der Waals surface area (Å²) in [5, 5.41) is 5.45. The van der Waals surface area contributed by atoms with E-state index in [1.54, 1.807) is 11.3 Å². The van der Waals surface area contributed by atoms with Crippen LogP contribution in [0.4, 0.5) is 0 Å². The number of nitrogens with two attached hydrogens (primary N) is 1. The Bertz CT molecular complexity index is 560. The highest BCUT2D eigenvalue weighted by molar-refractivity contribution is 7.19. The van der Waals surface area contributed by atoms with Crippen LogP contribution in [0.5, 0.6) is 0 Å². The van der Waals surface area contributed by atoms with Crippen molar-refractivity contribution in [1.29, 1.82) is 0 Å². The Morgan fingerprint density at radius 3 is 3.12 bits per heavy atom. The Morgan fingerprint density at radius 1 is 1.50 bits per heavy atom. The summed E-state index contributed by atoms with van der Waals surface area (Å²) in [7, 11) is 0. The summed E-state index contributed by atoms with van der Waals surface area (Å²) >= 11 is 1.58. The highest BCUT2D eigenvalue weighted by Crippen LogP contribution is 2.24. The monoisotopic (exact) mass is 233 g/mol. The van der Waals surface area contributed by atoms with E-state index in [0.29, 0.717) is 6.54 Å². The van der Waals surface area contributed by atoms with Crippen LogP contribution in [0, 0.1) is 0 Å². The van der Waals surface area contributed by atoms with Crippen LogP contribution < -0.4 is 5.73 Å². The maximum atomic E-state index is 5.49. The van der Waals surface area contributed by atoms with Gasteiger partial charge in [0.05, 0.1) is 11.9 Å². The maximum absolute atomic E-state index is 5.49. The van der Waals surface area contributed by atoms with Gasteiger partial charge < -0.3 is 10.7 Å². The molecule has 0 amide bonds. The summed E-state index contributed by atoms with van der Waals surface area (Å²) in [4.78, 5) is 8.40. The van der Waals surface area contributed by atoms with Crippen LogP contribution in [0.2, 0.25) is 0 Å². The molecule has 3 N–H and O–H groups in total. The van der Waals surface area contributed by atoms with E-state index in [4.69, 9.17) is 5.73 Å². The Hall–Kier alpha value is -1.66. The molecule has 0 radical (unpaired) electrons. The first-order chi connectivity index (χ1) is 7.86. The number of fused-ring (bicyclic) bond motifs is 1. The lowest BCUT2D eigenvalue weighted by atomic mass is 10.3. The van der Waals surface area contributed by atoms with Gasteiger partial charge in [0.2, 0.25) is 4.96 Å². The van der Waals surface area contributed by atoms with E-state index in [0.717, 1.165) is 27.6 Å². The quantitative estimate of drug-likeness (QED) is 0.716. The zero-order valence-electron chi connectivity index (χ0n) is 8.55. The van der Waals surface area contributed by atoms with Gasteiger partial charge in [-0.1, -0.05) is 11.3 Å². The van der Waals surface area contributed by atoms with Gasteiger partial charge in [-0.05, 0) is 12.6 Å². The van der Waals surface area contributed by atoms with Crippen molar-refractivity contribution in [3.63, 3.8) is 0 Å². The van der Waals surface area contributed by atoms with Crippen molar-refractivity contribution in [3.05, 3.63) is 30.4 Å². The Labute approximate surface area is 95.9 Å². The lowest BCUT2D eigenvalue weighted by Gasteiger charge is -1.88. The highest BCUT2D eigenvalue weighted by Gasteiger charge is 2.09. The molecule has 3 aromatic rings. The predicted octanol–water partition coefficient (Wildman–Crippen LogP) is 1.29. The van der Waals surface area contributed by atoms with Crippen molar-refractivity contribution in [2.45, 2.75) is 6.42 Å². The summed E-state index contributed by atoms with van der Waals surface area (Å²) in [5.41, 5.74) is 7.58. The molecule has 5 nitrogen and oxygen atoms in total. The van der Waals surface area contributed by atoms with E-state index in [2.05, 4.69) is 15.1 Å². The molecule has 0 unspecified atom stereocenters. The molecule has 0 aliphatic carbocycles. The van der Waals surface area contributed by atoms with Gasteiger partial charge in [-0.25, -0.2) is 9.50 Å². The average Bonchev–Trinajstić information content (AvgIpc) is 2.89. The molecule has 0 saturated heterocycles. The summed E-state index contributed by atoms with van der Waals surface area (Å²) in [6.07, 6.45) is 6.56. The summed E-state index contributed by atoms with van der Waals surface area (Å²) in [6, 6.07) is 2.00. The zero-order chi connectivity index (χ0) is 11.0. The summed E-state index contributed by atoms with van der Waals surface area (Å²) < 4.78 is 1.82. The summed E-state index contributed by atoms with van der Waals surface area (Å²) in [5.74, 6) is 0. The second kappa shape index (κ2) is 3.73. The van der Waals surface area contributed by atoms with Crippen LogP contribution in [-0.4, -0.2) is 26.1 Å². The number of imidazole rings is 1. The third-order valence-electron chi connectivity index (χ3n) is 2.34. The van der Waals surface area contributed by atoms with Crippen LogP contribution in [-0.2, 0) is 6.42 Å². The first-order valence-electron chi connectivity index (χ1n) is 5.05. The minimum Gasteiger partial charge on any atom is -0.367 e. The standard InChI is InChI=1S/C10H11N5S/c11-3-1-8-6-15-10(13-8)16-9(14-15)7-2-4-12-5-7/h2,4-6,12H,1,3,11H2. The third-order valence-corrected chi connectivity index (χ3v) is 3.31. The van der Waals surface area contributed by atoms with Crippen molar-refractivity contribution in [2.24, 2.45) is 5.73 Å². The summed E-state index contributed by atoms with van der Waals surface area (Å²) in [6.45, 7) is 0.621. The fourth-order valence-corrected chi connectivity index (χ4v) is 2.48. The molecule has 0 fully saturated rings. The van der Waals surface area contributed by atoms with E-state index in [1.165, 1.54) is 0 Å². The van der Waals surface area contributed by atoms with E-state index in [-0.39, 0.29) is 0 Å². The molecule has 6 heteroatoms. The van der Waals surface area contributed by atoms with Gasteiger partial charge in [0.15, 0.2) is 0 Å². The van der Waals surface area contributed by atoms with Crippen molar-refractivity contribution in [2.75, 3.05) is 6.54 Å². The number of nitrogens with one attached hydrogen (secondary N) is 1. The molecule has 3 heterocycles. The first-order valence-corrected chi connectivity index (χ1v) is 5.87. The molecule has 0 bridgehead atoms. The SMILES string of the molecule is NCCc1cn2nc(-c3cc[nH]c3)sc2n1. The van der Waals surface area contributed by atoms with Gasteiger partial charge in [-0.15, -0.1) is 0 Å². The van der Waals surface area contributed by atoms with Gasteiger partial charge in [-0.3, -0.25) is 0 Å². The highest BCUT2D eigenvalue weighted by atomic mass is 32.1. The van der Waals surface area contributed by atoms with Crippen LogP contribution >= 0.6 is 11.3 Å². The van der Waals surface area contributed by atoms with Crippen molar-refractivity contribution in [3.8, 4) is 10.6 Å². The lowest BCUT2D eigenvalue weighted by Crippen LogP contribution is -2.02. The van der Waals surface area contributed by atoms with Gasteiger partial charge in [0, 0.05) is 24.4 Å². The number of rotatable bonds is 3. The lowest BCUT2D eigenvalue weighted by molar-refractivity contribution is 0.924. The zero-order valence-corrected chi connectivity index (χ0v) is 9.37. The van der Waals surface area contributed by atoms with Crippen molar-refractivity contribution >= 4 is 16.3 Å². The normalized spacial score (nSPS) is 11.3. The number of aromatic amines is 1. The van der Waals surface area contributed by atoms with E-state index >= 15 is 0 Å². The molecule has 3 rings (SSSR count).